The molecule has 0 amide bonds. The van der Waals surface area contributed by atoms with Gasteiger partial charge >= 0.3 is 239 Å². The van der Waals surface area contributed by atoms with Crippen LogP contribution in [0.4, 0.5) is 28.4 Å². The predicted octanol–water partition coefficient (Wildman–Crippen LogP) is 14.7. The summed E-state index contributed by atoms with van der Waals surface area (Å²) in [6.07, 6.45) is 3.32. The van der Waals surface area contributed by atoms with E-state index in [0.29, 0.717) is 0 Å². The molecule has 9 aromatic rings. The van der Waals surface area contributed by atoms with E-state index in [1.54, 1.807) is 0 Å². The fourth-order valence-corrected chi connectivity index (χ4v) is 11.0. The average molecular weight is 836 g/mol. The fraction of sp³-hybridized carbons (Fsp3) is 0.0877. The van der Waals surface area contributed by atoms with Crippen LogP contribution in [0.1, 0.15) is 23.6 Å². The molecule has 0 spiro atoms. The number of nitrogens with zero attached hydrogens (tertiary/aromatic N) is 2. The van der Waals surface area contributed by atoms with Gasteiger partial charge < -0.3 is 0 Å². The molecule has 3 heteroatoms. The zero-order chi connectivity index (χ0) is 41.2. The molecule has 9 rings (SSSR count). The first kappa shape index (κ1) is 38.9. The first-order valence-corrected chi connectivity index (χ1v) is 28.4. The Kier molecular flexibility index (Phi) is 10.7. The van der Waals surface area contributed by atoms with Gasteiger partial charge in [-0.15, -0.1) is 0 Å². The second kappa shape index (κ2) is 16.6. The molecule has 0 bridgehead atoms. The second-order valence-electron chi connectivity index (χ2n) is 16.6. The van der Waals surface area contributed by atoms with Crippen molar-refractivity contribution < 1.29 is 0 Å². The second-order valence-corrected chi connectivity index (χ2v) is 27.2. The number of rotatable bonds is 11. The summed E-state index contributed by atoms with van der Waals surface area (Å²) < 4.78 is 1.49. The van der Waals surface area contributed by atoms with E-state index in [1.165, 1.54) is 37.2 Å². The van der Waals surface area contributed by atoms with E-state index in [-0.39, 0.29) is 0 Å². The first-order valence-electron chi connectivity index (χ1n) is 21.0. The van der Waals surface area contributed by atoms with Crippen molar-refractivity contribution in [3.05, 3.63) is 222 Å². The van der Waals surface area contributed by atoms with Gasteiger partial charge in [0.25, 0.3) is 0 Å². The summed E-state index contributed by atoms with van der Waals surface area (Å²) >= 11 is -2.07. The van der Waals surface area contributed by atoms with Crippen molar-refractivity contribution in [1.29, 1.82) is 0 Å². The SMILES string of the molecule is C=c1ccc2c(N(c3ccccc3)c3cc[c]([Ge]([CH3])([CH3])[CH3])cc3)cc(-c3ccccc3)c3ccc(/C(=C\c4ccccc4)N(c4ccccc4)c4ccc(CC)cc4)c1c32. The maximum absolute atomic E-state index is 4.80. The van der Waals surface area contributed by atoms with Crippen LogP contribution in [0.15, 0.2) is 200 Å². The Hall–Kier alpha value is -6.62. The molecule has 0 heterocycles. The molecular weight excluding hydrogens is 785 g/mol. The van der Waals surface area contributed by atoms with Crippen LogP contribution in [0.3, 0.4) is 0 Å². The third-order valence-corrected chi connectivity index (χ3v) is 16.0. The molecule has 0 unspecified atom stereocenters. The molecule has 0 aliphatic carbocycles. The number of aryl methyl sites for hydroxylation is 1. The minimum atomic E-state index is -2.07. The molecule has 60 heavy (non-hydrogen) atoms. The Morgan fingerprint density at radius 1 is 0.533 bits per heavy atom. The summed E-state index contributed by atoms with van der Waals surface area (Å²) in [7, 11) is 0. The first-order chi connectivity index (χ1) is 29.3. The van der Waals surface area contributed by atoms with Crippen LogP contribution in [-0.4, -0.2) is 13.3 Å². The molecular formula is C57H50GeN2. The van der Waals surface area contributed by atoms with Gasteiger partial charge in [-0.3, -0.25) is 0 Å². The molecule has 0 saturated carbocycles. The van der Waals surface area contributed by atoms with Crippen molar-refractivity contribution in [2.75, 3.05) is 9.80 Å². The molecule has 0 N–H and O–H groups in total. The molecule has 0 aliphatic heterocycles. The number of hydrogen-bond acceptors (Lipinski definition) is 2. The molecule has 2 nitrogen and oxygen atoms in total. The van der Waals surface area contributed by atoms with E-state index in [2.05, 4.69) is 240 Å². The number of anilines is 5. The van der Waals surface area contributed by atoms with Gasteiger partial charge in [0.05, 0.1) is 0 Å². The van der Waals surface area contributed by atoms with Crippen molar-refractivity contribution in [1.82, 2.24) is 0 Å². The maximum atomic E-state index is 4.80. The van der Waals surface area contributed by atoms with Crippen molar-refractivity contribution >= 4 is 86.0 Å². The Labute approximate surface area is 357 Å². The van der Waals surface area contributed by atoms with Crippen molar-refractivity contribution in [2.45, 2.75) is 30.6 Å². The molecule has 0 aliphatic rings. The monoisotopic (exact) mass is 836 g/mol. The fourth-order valence-electron chi connectivity index (χ4n) is 8.52. The number of hydrogen-bond donors (Lipinski definition) is 0. The van der Waals surface area contributed by atoms with Crippen LogP contribution in [0, 0.1) is 0 Å². The van der Waals surface area contributed by atoms with Gasteiger partial charge in [0.2, 0.25) is 0 Å². The molecule has 9 aromatic carbocycles. The summed E-state index contributed by atoms with van der Waals surface area (Å²) in [5, 5.41) is 5.70. The van der Waals surface area contributed by atoms with Crippen LogP contribution in [0.25, 0.3) is 51.0 Å². The van der Waals surface area contributed by atoms with Gasteiger partial charge in [0, 0.05) is 11.4 Å². The molecule has 0 atom stereocenters. The average Bonchev–Trinajstić information content (AvgIpc) is 3.29. The summed E-state index contributed by atoms with van der Waals surface area (Å²) in [6.45, 7) is 7.01. The normalized spacial score (nSPS) is 11.9. The van der Waals surface area contributed by atoms with Crippen LogP contribution >= 0.6 is 0 Å². The standard InChI is InChI=1S/C57H50GeN2/c1-6-42-28-32-48(33-29-42)59(46-23-15-9-16-24-46)54(39-43-19-11-7-12-20-43)51-38-37-50-53(44-21-13-8-14-22-44)40-55(52-36-27-41(2)56(51)57(50)52)60(47-25-17-10-18-26-47)49-34-30-45(31-35-49)58(3,4)5/h7-40H,2,6H2,1,3-5H3/b54-39+. The van der Waals surface area contributed by atoms with Gasteiger partial charge in [0.15, 0.2) is 0 Å². The Bertz CT molecular complexity index is 2970. The quantitative estimate of drug-likeness (QED) is 0.0946. The van der Waals surface area contributed by atoms with Gasteiger partial charge in [-0.2, -0.15) is 0 Å². The van der Waals surface area contributed by atoms with E-state index in [4.69, 9.17) is 6.58 Å². The summed E-state index contributed by atoms with van der Waals surface area (Å²) in [5.41, 5.74) is 12.6. The Morgan fingerprint density at radius 2 is 1.07 bits per heavy atom. The minimum absolute atomic E-state index is 0.983. The van der Waals surface area contributed by atoms with E-state index in [9.17, 15) is 0 Å². The van der Waals surface area contributed by atoms with Gasteiger partial charge in [0.1, 0.15) is 0 Å². The van der Waals surface area contributed by atoms with Gasteiger partial charge in [-0.1, -0.05) is 67.6 Å². The van der Waals surface area contributed by atoms with Crippen LogP contribution in [-0.2, 0) is 6.42 Å². The molecule has 0 aromatic heterocycles. The van der Waals surface area contributed by atoms with E-state index >= 15 is 0 Å². The van der Waals surface area contributed by atoms with E-state index in [0.717, 1.165) is 62.3 Å². The van der Waals surface area contributed by atoms with Crippen molar-refractivity contribution in [3.8, 4) is 11.1 Å². The Balaban J connectivity index is 1.39. The van der Waals surface area contributed by atoms with Crippen molar-refractivity contribution in [3.63, 3.8) is 0 Å². The van der Waals surface area contributed by atoms with Crippen LogP contribution < -0.4 is 19.4 Å². The molecule has 0 saturated heterocycles. The summed E-state index contributed by atoms with van der Waals surface area (Å²) in [5.74, 6) is 7.37. The van der Waals surface area contributed by atoms with Crippen LogP contribution in [0.2, 0.25) is 17.3 Å². The molecule has 0 radical (unpaired) electrons. The molecule has 292 valence electrons. The number of para-hydroxylation sites is 2. The van der Waals surface area contributed by atoms with Gasteiger partial charge in [-0.25, -0.2) is 0 Å². The van der Waals surface area contributed by atoms with Crippen molar-refractivity contribution in [2.24, 2.45) is 0 Å². The summed E-state index contributed by atoms with van der Waals surface area (Å²) in [4.78, 5) is 4.86. The topological polar surface area (TPSA) is 6.48 Å². The summed E-state index contributed by atoms with van der Waals surface area (Å²) in [6, 6.07) is 73.1. The van der Waals surface area contributed by atoms with E-state index in [1.807, 2.05) is 0 Å². The number of benzene rings is 9. The van der Waals surface area contributed by atoms with E-state index < -0.39 is 13.3 Å². The zero-order valence-electron chi connectivity index (χ0n) is 34.9. The zero-order valence-corrected chi connectivity index (χ0v) is 37.0. The van der Waals surface area contributed by atoms with Gasteiger partial charge in [-0.05, 0) is 41.8 Å². The third kappa shape index (κ3) is 7.56. The predicted molar refractivity (Wildman–Crippen MR) is 264 cm³/mol. The molecule has 0 fully saturated rings. The third-order valence-electron chi connectivity index (χ3n) is 11.7. The Morgan fingerprint density at radius 3 is 1.68 bits per heavy atom. The van der Waals surface area contributed by atoms with Crippen LogP contribution in [0.5, 0.6) is 0 Å².